The van der Waals surface area contributed by atoms with Crippen molar-refractivity contribution in [2.24, 2.45) is 0 Å². The molecule has 0 amide bonds. The van der Waals surface area contributed by atoms with Crippen molar-refractivity contribution in [1.29, 1.82) is 0 Å². The summed E-state index contributed by atoms with van der Waals surface area (Å²) in [6, 6.07) is 5.50. The minimum absolute atomic E-state index is 0.0763. The van der Waals surface area contributed by atoms with Crippen LogP contribution < -0.4 is 0 Å². The first-order valence-corrected chi connectivity index (χ1v) is 3.75. The zero-order valence-corrected chi connectivity index (χ0v) is 6.77. The molecule has 0 aromatic heterocycles. The van der Waals surface area contributed by atoms with Gasteiger partial charge in [0.2, 0.25) is 0 Å². The average Bonchev–Trinajstić information content (AvgIpc) is 2.04. The van der Waals surface area contributed by atoms with Crippen LogP contribution in [0.25, 0.3) is 0 Å². The zero-order valence-electron chi connectivity index (χ0n) is 6.77. The van der Waals surface area contributed by atoms with Gasteiger partial charge in [-0.3, -0.25) is 0 Å². The number of carbonyl (C=O) groups is 1. The van der Waals surface area contributed by atoms with Gasteiger partial charge in [-0.05, 0) is 17.7 Å². The summed E-state index contributed by atoms with van der Waals surface area (Å²) < 4.78 is 12.6. The van der Waals surface area contributed by atoms with Gasteiger partial charge in [-0.25, -0.2) is 9.18 Å². The molecule has 1 atom stereocenters. The fourth-order valence-corrected chi connectivity index (χ4v) is 0.975. The van der Waals surface area contributed by atoms with Gasteiger partial charge in [-0.1, -0.05) is 12.1 Å². The predicted molar refractivity (Wildman–Crippen MR) is 43.7 cm³/mol. The zero-order chi connectivity index (χ0) is 9.84. The summed E-state index contributed by atoms with van der Waals surface area (Å²) in [7, 11) is 0. The van der Waals surface area contributed by atoms with Gasteiger partial charge in [0.15, 0.2) is 6.10 Å². The fraction of sp³-hybridized carbons (Fsp3) is 0.222. The number of halogens is 1. The Morgan fingerprint density at radius 1 is 1.54 bits per heavy atom. The first-order valence-electron chi connectivity index (χ1n) is 3.75. The van der Waals surface area contributed by atoms with Crippen molar-refractivity contribution in [3.05, 3.63) is 35.6 Å². The van der Waals surface area contributed by atoms with E-state index in [1.54, 1.807) is 6.07 Å². The van der Waals surface area contributed by atoms with Crippen LogP contribution in [0.1, 0.15) is 5.56 Å². The van der Waals surface area contributed by atoms with Crippen LogP contribution in [0.2, 0.25) is 0 Å². The summed E-state index contributed by atoms with van der Waals surface area (Å²) in [4.78, 5) is 10.2. The molecule has 1 aromatic carbocycles. The topological polar surface area (TPSA) is 57.5 Å². The Kier molecular flexibility index (Phi) is 2.97. The number of hydrogen-bond acceptors (Lipinski definition) is 2. The highest BCUT2D eigenvalue weighted by Gasteiger charge is 2.13. The lowest BCUT2D eigenvalue weighted by atomic mass is 10.1. The van der Waals surface area contributed by atoms with Gasteiger partial charge in [0.1, 0.15) is 5.82 Å². The maximum atomic E-state index is 12.6. The summed E-state index contributed by atoms with van der Waals surface area (Å²) in [5.41, 5.74) is 0.468. The molecule has 0 aliphatic rings. The third-order valence-corrected chi connectivity index (χ3v) is 1.60. The van der Waals surface area contributed by atoms with E-state index in [-0.39, 0.29) is 6.42 Å². The van der Waals surface area contributed by atoms with E-state index in [1.165, 1.54) is 18.2 Å². The van der Waals surface area contributed by atoms with Crippen LogP contribution in [0.5, 0.6) is 0 Å². The summed E-state index contributed by atoms with van der Waals surface area (Å²) in [6.07, 6.45) is -1.55. The van der Waals surface area contributed by atoms with Crippen molar-refractivity contribution < 1.29 is 19.4 Å². The standard InChI is InChI=1S/C9H9FO3/c10-7-3-1-2-6(4-7)5-8(11)9(12)13/h1-4,8,11H,5H2,(H,12,13)/t8-/m1/s1. The van der Waals surface area contributed by atoms with Gasteiger partial charge in [0, 0.05) is 6.42 Å². The first kappa shape index (κ1) is 9.67. The molecular formula is C9H9FO3. The van der Waals surface area contributed by atoms with Crippen LogP contribution in [0, 0.1) is 5.82 Å². The number of aliphatic hydroxyl groups excluding tert-OH is 1. The van der Waals surface area contributed by atoms with Crippen molar-refractivity contribution in [1.82, 2.24) is 0 Å². The van der Waals surface area contributed by atoms with Crippen molar-refractivity contribution in [2.75, 3.05) is 0 Å². The number of carboxylic acids is 1. The van der Waals surface area contributed by atoms with Crippen LogP contribution in [0.15, 0.2) is 24.3 Å². The molecule has 3 nitrogen and oxygen atoms in total. The molecule has 70 valence electrons. The molecule has 13 heavy (non-hydrogen) atoms. The summed E-state index contributed by atoms with van der Waals surface area (Å²) in [6.45, 7) is 0. The van der Waals surface area contributed by atoms with Crippen LogP contribution in [0.3, 0.4) is 0 Å². The van der Waals surface area contributed by atoms with E-state index < -0.39 is 17.9 Å². The van der Waals surface area contributed by atoms with Crippen LogP contribution in [0.4, 0.5) is 4.39 Å². The number of rotatable bonds is 3. The largest absolute Gasteiger partial charge is 0.479 e. The van der Waals surface area contributed by atoms with E-state index in [1.807, 2.05) is 0 Å². The van der Waals surface area contributed by atoms with Gasteiger partial charge in [0.05, 0.1) is 0 Å². The second kappa shape index (κ2) is 4.00. The Bertz CT molecular complexity index is 311. The van der Waals surface area contributed by atoms with Crippen molar-refractivity contribution in [2.45, 2.75) is 12.5 Å². The summed E-state index contributed by atoms with van der Waals surface area (Å²) >= 11 is 0. The molecular weight excluding hydrogens is 175 g/mol. The molecule has 0 heterocycles. The Labute approximate surface area is 74.4 Å². The van der Waals surface area contributed by atoms with Crippen LogP contribution in [-0.4, -0.2) is 22.3 Å². The number of benzene rings is 1. The van der Waals surface area contributed by atoms with E-state index in [0.29, 0.717) is 5.56 Å². The van der Waals surface area contributed by atoms with Gasteiger partial charge in [0.25, 0.3) is 0 Å². The highest BCUT2D eigenvalue weighted by molar-refractivity contribution is 5.72. The van der Waals surface area contributed by atoms with Crippen molar-refractivity contribution in [3.8, 4) is 0 Å². The maximum Gasteiger partial charge on any atom is 0.332 e. The molecule has 0 spiro atoms. The SMILES string of the molecule is O=C(O)[C@H](O)Cc1cccc(F)c1. The average molecular weight is 184 g/mol. The lowest BCUT2D eigenvalue weighted by Gasteiger charge is -2.04. The molecule has 0 saturated carbocycles. The third-order valence-electron chi connectivity index (χ3n) is 1.60. The van der Waals surface area contributed by atoms with E-state index in [9.17, 15) is 9.18 Å². The Hall–Kier alpha value is -1.42. The van der Waals surface area contributed by atoms with Gasteiger partial charge < -0.3 is 10.2 Å². The summed E-state index contributed by atoms with van der Waals surface area (Å²) in [5.74, 6) is -1.74. The molecule has 4 heteroatoms. The molecule has 1 aromatic rings. The summed E-state index contributed by atoms with van der Waals surface area (Å²) in [5, 5.41) is 17.3. The molecule has 0 bridgehead atoms. The number of aliphatic hydroxyl groups is 1. The fourth-order valence-electron chi connectivity index (χ4n) is 0.975. The lowest BCUT2D eigenvalue weighted by molar-refractivity contribution is -0.146. The molecule has 2 N–H and O–H groups in total. The molecule has 0 unspecified atom stereocenters. The Morgan fingerprint density at radius 3 is 2.77 bits per heavy atom. The molecule has 0 radical (unpaired) electrons. The highest BCUT2D eigenvalue weighted by Crippen LogP contribution is 2.06. The number of aliphatic carboxylic acids is 1. The van der Waals surface area contributed by atoms with Crippen LogP contribution in [-0.2, 0) is 11.2 Å². The van der Waals surface area contributed by atoms with Crippen LogP contribution >= 0.6 is 0 Å². The third kappa shape index (κ3) is 2.83. The highest BCUT2D eigenvalue weighted by atomic mass is 19.1. The van der Waals surface area contributed by atoms with Gasteiger partial charge in [-0.2, -0.15) is 0 Å². The minimum Gasteiger partial charge on any atom is -0.479 e. The Morgan fingerprint density at radius 2 is 2.23 bits per heavy atom. The van der Waals surface area contributed by atoms with E-state index in [0.717, 1.165) is 0 Å². The van der Waals surface area contributed by atoms with Gasteiger partial charge >= 0.3 is 5.97 Å². The second-order valence-electron chi connectivity index (χ2n) is 2.69. The number of hydrogen-bond donors (Lipinski definition) is 2. The molecule has 0 saturated heterocycles. The number of carboxylic acid groups (broad SMARTS) is 1. The molecule has 0 aliphatic heterocycles. The predicted octanol–water partition coefficient (Wildman–Crippen LogP) is 0.814. The first-order chi connectivity index (χ1) is 6.09. The van der Waals surface area contributed by atoms with Crippen molar-refractivity contribution in [3.63, 3.8) is 0 Å². The van der Waals surface area contributed by atoms with E-state index in [2.05, 4.69) is 0 Å². The minimum atomic E-state index is -1.47. The Balaban J connectivity index is 2.69. The van der Waals surface area contributed by atoms with E-state index in [4.69, 9.17) is 10.2 Å². The normalized spacial score (nSPS) is 12.5. The van der Waals surface area contributed by atoms with Crippen molar-refractivity contribution >= 4 is 5.97 Å². The second-order valence-corrected chi connectivity index (χ2v) is 2.69. The lowest BCUT2D eigenvalue weighted by Crippen LogP contribution is -2.21. The molecule has 1 rings (SSSR count). The molecule has 0 fully saturated rings. The van der Waals surface area contributed by atoms with E-state index >= 15 is 0 Å². The quantitative estimate of drug-likeness (QED) is 0.730. The monoisotopic (exact) mass is 184 g/mol. The van der Waals surface area contributed by atoms with Gasteiger partial charge in [-0.15, -0.1) is 0 Å². The maximum absolute atomic E-state index is 12.6. The molecule has 0 aliphatic carbocycles. The smallest absolute Gasteiger partial charge is 0.332 e.